The molecule has 4 aromatic carbocycles. The monoisotopic (exact) mass is 1000 g/mol. The Morgan fingerprint density at radius 3 is 1.24 bits per heavy atom. The Morgan fingerprint density at radius 2 is 0.816 bits per heavy atom. The number of ether oxygens (including phenoxy) is 2. The highest BCUT2D eigenvalue weighted by Gasteiger charge is 2.42. The number of aromatic nitrogens is 8. The summed E-state index contributed by atoms with van der Waals surface area (Å²) in [5.41, 5.74) is 11.6. The molecule has 0 bridgehead atoms. The van der Waals surface area contributed by atoms with Crippen LogP contribution in [0.25, 0.3) is 56.2 Å². The quantitative estimate of drug-likeness (QED) is 0.0934. The van der Waals surface area contributed by atoms with Crippen molar-refractivity contribution in [3.8, 4) is 57.1 Å². The van der Waals surface area contributed by atoms with Crippen LogP contribution in [0.4, 0.5) is 11.4 Å². The molecule has 8 heterocycles. The Kier molecular flexibility index (Phi) is 12.0. The lowest BCUT2D eigenvalue weighted by atomic mass is 9.79. The first kappa shape index (κ1) is 48.6. The van der Waals surface area contributed by atoms with Gasteiger partial charge in [0.1, 0.15) is 23.0 Å². The molecule has 0 atom stereocenters. The van der Waals surface area contributed by atoms with Gasteiger partial charge in [-0.05, 0) is 155 Å². The first-order valence-electron chi connectivity index (χ1n) is 26.5. The van der Waals surface area contributed by atoms with Crippen LogP contribution in [0.5, 0.6) is 23.0 Å². The van der Waals surface area contributed by atoms with Gasteiger partial charge in [-0.25, -0.2) is 0 Å². The van der Waals surface area contributed by atoms with E-state index in [1.165, 1.54) is 24.2 Å². The highest BCUT2D eigenvalue weighted by atomic mass is 16.5. The van der Waals surface area contributed by atoms with E-state index in [0.29, 0.717) is 34.4 Å². The number of fused-ring (bicyclic) bond motifs is 2. The lowest BCUT2D eigenvalue weighted by Gasteiger charge is -2.54. The van der Waals surface area contributed by atoms with E-state index in [9.17, 15) is 0 Å². The van der Waals surface area contributed by atoms with E-state index in [1.54, 1.807) is 24.8 Å². The predicted molar refractivity (Wildman–Crippen MR) is 299 cm³/mol. The fourth-order valence-corrected chi connectivity index (χ4v) is 12.5. The largest absolute Gasteiger partial charge is 0.456 e. The third-order valence-corrected chi connectivity index (χ3v) is 15.5. The number of imidazole rings is 2. The van der Waals surface area contributed by atoms with Gasteiger partial charge in [0.05, 0.1) is 68.6 Å². The van der Waals surface area contributed by atoms with Crippen molar-refractivity contribution in [1.82, 2.24) is 29.1 Å². The normalized spacial score (nSPS) is 16.7. The molecule has 0 saturated carbocycles. The zero-order chi connectivity index (χ0) is 52.4. The van der Waals surface area contributed by atoms with Crippen LogP contribution in [-0.4, -0.2) is 51.2 Å². The molecule has 10 aromatic rings. The topological polar surface area (TPSA) is 94.1 Å². The summed E-state index contributed by atoms with van der Waals surface area (Å²) in [5, 5.41) is 0. The summed E-state index contributed by atoms with van der Waals surface area (Å²) in [6, 6.07) is 45.8. The smallest absolute Gasteiger partial charge is 0.269 e. The number of anilines is 2. The number of hydrogen-bond donors (Lipinski definition) is 0. The molecule has 0 amide bonds. The molecule has 2 aliphatic rings. The molecular weight excluding hydrogens is 941 g/mol. The van der Waals surface area contributed by atoms with Gasteiger partial charge in [-0.2, -0.15) is 0 Å². The van der Waals surface area contributed by atoms with Crippen LogP contribution in [0.3, 0.4) is 0 Å². The Morgan fingerprint density at radius 1 is 0.421 bits per heavy atom. The maximum atomic E-state index is 6.50. The summed E-state index contributed by atoms with van der Waals surface area (Å²) in [6.45, 7) is 18.9. The molecular formula is C64H64N10O2. The van der Waals surface area contributed by atoms with Crippen LogP contribution >= 0.6 is 0 Å². The van der Waals surface area contributed by atoms with Crippen molar-refractivity contribution in [2.24, 2.45) is 0 Å². The van der Waals surface area contributed by atoms with Gasteiger partial charge in [0, 0.05) is 70.5 Å². The second kappa shape index (κ2) is 18.8. The molecule has 2 aliphatic heterocycles. The average Bonchev–Trinajstić information content (AvgIpc) is 3.98. The molecule has 6 aromatic heterocycles. The van der Waals surface area contributed by atoms with E-state index < -0.39 is 0 Å². The minimum absolute atomic E-state index is 0.0355. The van der Waals surface area contributed by atoms with Gasteiger partial charge in [-0.1, -0.05) is 60.7 Å². The molecule has 0 aliphatic carbocycles. The number of hydrogen-bond acceptors (Lipinski definition) is 8. The Balaban J connectivity index is 0.784. The summed E-state index contributed by atoms with van der Waals surface area (Å²) in [4.78, 5) is 23.8. The fraction of sp³-hybridized carbons (Fsp3) is 0.281. The molecule has 0 spiro atoms. The third kappa shape index (κ3) is 9.09. The zero-order valence-corrected chi connectivity index (χ0v) is 44.7. The second-order valence-electron chi connectivity index (χ2n) is 22.9. The SMILES string of the molecule is CC1(C)CCCC(C)(C)N1c1cccc(-n2[c-][n+](-c3cncc(Oc4ccnc(-c5cc(Oc6cncc(-[n+]7[c-]n(-c8cccc(N9C(C)(C)CCCC9(C)C)c8)c8ccccc87)c6)ccn5)c4)c3)c3ccccc32)c1. The average molecular weight is 1010 g/mol. The summed E-state index contributed by atoms with van der Waals surface area (Å²) in [5.74, 6) is 2.31. The van der Waals surface area contributed by atoms with Crippen LogP contribution in [0.15, 0.2) is 171 Å². The Bertz CT molecular complexity index is 3520. The van der Waals surface area contributed by atoms with Gasteiger partial charge < -0.3 is 19.3 Å². The van der Waals surface area contributed by atoms with Crippen molar-refractivity contribution in [2.75, 3.05) is 9.80 Å². The predicted octanol–water partition coefficient (Wildman–Crippen LogP) is 13.7. The number of para-hydroxylation sites is 4. The van der Waals surface area contributed by atoms with E-state index in [-0.39, 0.29) is 22.2 Å². The Hall–Kier alpha value is -8.38. The van der Waals surface area contributed by atoms with Crippen LogP contribution in [0.2, 0.25) is 0 Å². The minimum Gasteiger partial charge on any atom is -0.456 e. The maximum absolute atomic E-state index is 6.50. The van der Waals surface area contributed by atoms with Crippen LogP contribution in [0, 0.1) is 12.7 Å². The van der Waals surface area contributed by atoms with Crippen molar-refractivity contribution in [1.29, 1.82) is 0 Å². The van der Waals surface area contributed by atoms with Gasteiger partial charge in [0.25, 0.3) is 12.7 Å². The van der Waals surface area contributed by atoms with E-state index >= 15 is 0 Å². The van der Waals surface area contributed by atoms with Crippen LogP contribution in [-0.2, 0) is 0 Å². The van der Waals surface area contributed by atoms with Gasteiger partial charge in [-0.15, -0.1) is 0 Å². The molecule has 0 radical (unpaired) electrons. The summed E-state index contributed by atoms with van der Waals surface area (Å²) in [7, 11) is 0. The number of benzene rings is 4. The summed E-state index contributed by atoms with van der Waals surface area (Å²) >= 11 is 0. The van der Waals surface area contributed by atoms with E-state index in [1.807, 2.05) is 57.9 Å². The number of nitrogens with zero attached hydrogens (tertiary/aromatic N) is 10. The molecule has 12 rings (SSSR count). The highest BCUT2D eigenvalue weighted by molar-refractivity contribution is 5.76. The first-order valence-corrected chi connectivity index (χ1v) is 26.5. The van der Waals surface area contributed by atoms with Crippen molar-refractivity contribution >= 4 is 33.4 Å². The van der Waals surface area contributed by atoms with Gasteiger partial charge >= 0.3 is 0 Å². The molecule has 76 heavy (non-hydrogen) atoms. The van der Waals surface area contributed by atoms with Crippen LogP contribution < -0.4 is 28.4 Å². The molecule has 2 fully saturated rings. The minimum atomic E-state index is 0.0355. The molecule has 0 unspecified atom stereocenters. The molecule has 382 valence electrons. The molecule has 12 nitrogen and oxygen atoms in total. The lowest BCUT2D eigenvalue weighted by Crippen LogP contribution is -2.59. The Labute approximate surface area is 445 Å². The van der Waals surface area contributed by atoms with E-state index in [0.717, 1.165) is 70.5 Å². The second-order valence-corrected chi connectivity index (χ2v) is 22.9. The van der Waals surface area contributed by atoms with E-state index in [2.05, 4.69) is 204 Å². The van der Waals surface area contributed by atoms with Gasteiger partial charge in [-0.3, -0.25) is 38.2 Å². The fourth-order valence-electron chi connectivity index (χ4n) is 12.5. The van der Waals surface area contributed by atoms with Crippen molar-refractivity contribution in [2.45, 2.75) is 116 Å². The van der Waals surface area contributed by atoms with Crippen molar-refractivity contribution < 1.29 is 18.6 Å². The molecule has 0 N–H and O–H groups in total. The van der Waals surface area contributed by atoms with Gasteiger partial charge in [0.2, 0.25) is 0 Å². The van der Waals surface area contributed by atoms with E-state index in [4.69, 9.17) is 9.47 Å². The number of pyridine rings is 4. The van der Waals surface area contributed by atoms with Gasteiger partial charge in [0.15, 0.2) is 0 Å². The number of piperidine rings is 2. The van der Waals surface area contributed by atoms with Crippen LogP contribution in [0.1, 0.15) is 93.9 Å². The lowest BCUT2D eigenvalue weighted by molar-refractivity contribution is -0.573. The standard InChI is InChI=1S/C64H64N10O2/c1-61(2)27-15-28-62(3,4)73(61)47-19-13-17-45(33-47)69-43-71(59-23-11-9-21-57(59)69)49-35-53(41-65-39-49)75-51-25-31-67-55(37-51)56-38-52(26-32-68-56)76-54-36-50(40-66-42-54)72-44-70(58-22-10-12-24-60(58)72)46-18-14-20-48(34-46)74-63(5,6)29-16-30-64(74,7)8/h9-14,17-26,31-42H,15-16,27-30H2,1-8H3. The highest BCUT2D eigenvalue weighted by Crippen LogP contribution is 2.44. The van der Waals surface area contributed by atoms with Crippen molar-refractivity contribution in [3.63, 3.8) is 0 Å². The third-order valence-electron chi connectivity index (χ3n) is 15.5. The first-order chi connectivity index (χ1) is 36.6. The molecule has 2 saturated heterocycles. The summed E-state index contributed by atoms with van der Waals surface area (Å²) in [6.07, 6.45) is 24.9. The molecule has 12 heteroatoms. The maximum Gasteiger partial charge on any atom is 0.269 e. The summed E-state index contributed by atoms with van der Waals surface area (Å²) < 4.78 is 21.4. The van der Waals surface area contributed by atoms with Crippen molar-refractivity contribution in [3.05, 3.63) is 183 Å². The zero-order valence-electron chi connectivity index (χ0n) is 44.7. The number of rotatable bonds is 11.